The van der Waals surface area contributed by atoms with Crippen LogP contribution >= 0.6 is 7.60 Å². The fraction of sp³-hybridized carbons (Fsp3) is 0.871. The Morgan fingerprint density at radius 2 is 1.67 bits per heavy atom. The van der Waals surface area contributed by atoms with Gasteiger partial charge in [-0.1, -0.05) is 95.5 Å². The molecule has 14 heteroatoms. The quantitative estimate of drug-likeness (QED) is 0.0354. The lowest BCUT2D eigenvalue weighted by molar-refractivity contribution is -0.0262. The Balaban J connectivity index is 1.66. The molecule has 0 saturated carbocycles. The summed E-state index contributed by atoms with van der Waals surface area (Å²) < 4.78 is 36.8. The highest BCUT2D eigenvalue weighted by atomic mass is 31.2. The van der Waals surface area contributed by atoms with Gasteiger partial charge in [0.25, 0.3) is 5.56 Å². The molecule has 0 bridgehead atoms. The maximum Gasteiger partial charge on any atom is 0.330 e. The van der Waals surface area contributed by atoms with Crippen molar-refractivity contribution in [3.05, 3.63) is 43.0 Å². The zero-order chi connectivity index (χ0) is 32.9. The molecule has 45 heavy (non-hydrogen) atoms. The summed E-state index contributed by atoms with van der Waals surface area (Å²) in [5.41, 5.74) is 8.13. The first-order valence-electron chi connectivity index (χ1n) is 16.9. The van der Waals surface area contributed by atoms with Crippen LogP contribution in [0.15, 0.2) is 20.9 Å². The van der Waals surface area contributed by atoms with Crippen molar-refractivity contribution >= 4 is 7.60 Å². The fourth-order valence-electron chi connectivity index (χ4n) is 5.53. The number of ether oxygens (including phenoxy) is 3. The van der Waals surface area contributed by atoms with E-state index in [0.717, 1.165) is 12.8 Å². The summed E-state index contributed by atoms with van der Waals surface area (Å²) in [7, 11) is -4.12. The van der Waals surface area contributed by atoms with Crippen molar-refractivity contribution in [3.63, 3.8) is 0 Å². The molecule has 258 valence electrons. The highest BCUT2D eigenvalue weighted by molar-refractivity contribution is 7.52. The molecular formula is C31H56N5O8P. The Hall–Kier alpha value is -1.98. The largest absolute Gasteiger partial charge is 0.379 e. The van der Waals surface area contributed by atoms with Crippen molar-refractivity contribution in [1.82, 2.24) is 9.55 Å². The van der Waals surface area contributed by atoms with Gasteiger partial charge in [-0.2, -0.15) is 0 Å². The minimum absolute atomic E-state index is 0.133. The summed E-state index contributed by atoms with van der Waals surface area (Å²) >= 11 is 0. The van der Waals surface area contributed by atoms with E-state index in [1.54, 1.807) is 13.8 Å². The Morgan fingerprint density at radius 3 is 2.24 bits per heavy atom. The lowest BCUT2D eigenvalue weighted by atomic mass is 10.0. The number of hydrogen-bond acceptors (Lipinski definition) is 8. The predicted molar refractivity (Wildman–Crippen MR) is 175 cm³/mol. The maximum atomic E-state index is 12.9. The summed E-state index contributed by atoms with van der Waals surface area (Å²) in [6.45, 7) is 6.38. The molecule has 1 aliphatic heterocycles. The van der Waals surface area contributed by atoms with Gasteiger partial charge in [0, 0.05) is 36.3 Å². The van der Waals surface area contributed by atoms with E-state index >= 15 is 0 Å². The number of unbranched alkanes of at least 4 members (excludes halogenated alkanes) is 13. The highest BCUT2D eigenvalue weighted by Gasteiger charge is 2.38. The maximum absolute atomic E-state index is 12.9. The first kappa shape index (κ1) is 39.2. The summed E-state index contributed by atoms with van der Waals surface area (Å²) in [6, 6.07) is -0.740. The number of aromatic nitrogens is 2. The predicted octanol–water partition coefficient (Wildman–Crippen LogP) is 6.92. The van der Waals surface area contributed by atoms with E-state index in [-0.39, 0.29) is 25.8 Å². The molecule has 0 spiro atoms. The van der Waals surface area contributed by atoms with Gasteiger partial charge < -0.3 is 23.6 Å². The standard InChI is InChI=1S/C31H56N5O8P/c1-4-6-7-8-9-10-11-12-13-14-15-16-17-18-19-41-22-26(42-5-2)24-45(39,40)43-23-28-27(34-35-32)20-29(44-28)36-21-25(3)30(37)33-31(36)38/h21,26-29H,4-20,22-24H2,1-3H3,(H,39,40)(H,33,37,38). The molecule has 0 aliphatic carbocycles. The van der Waals surface area contributed by atoms with Crippen LogP contribution in [0.1, 0.15) is 122 Å². The molecule has 5 atom stereocenters. The molecule has 13 nitrogen and oxygen atoms in total. The van der Waals surface area contributed by atoms with Crippen molar-refractivity contribution in [2.24, 2.45) is 5.11 Å². The van der Waals surface area contributed by atoms with Gasteiger partial charge in [-0.25, -0.2) is 4.79 Å². The zero-order valence-corrected chi connectivity index (χ0v) is 28.5. The third-order valence-electron chi connectivity index (χ3n) is 8.08. The number of azide groups is 1. The van der Waals surface area contributed by atoms with E-state index in [0.29, 0.717) is 18.8 Å². The number of nitrogens with one attached hydrogen (secondary N) is 1. The van der Waals surface area contributed by atoms with Crippen molar-refractivity contribution < 1.29 is 28.2 Å². The molecule has 0 aromatic carbocycles. The topological polar surface area (TPSA) is 178 Å². The van der Waals surface area contributed by atoms with Gasteiger partial charge in [-0.15, -0.1) is 0 Å². The number of rotatable bonds is 26. The Bertz CT molecular complexity index is 1170. The van der Waals surface area contributed by atoms with Crippen LogP contribution in [-0.4, -0.2) is 65.3 Å². The molecule has 5 unspecified atom stereocenters. The zero-order valence-electron chi connectivity index (χ0n) is 27.6. The molecule has 2 N–H and O–H groups in total. The second-order valence-electron chi connectivity index (χ2n) is 12.0. The Labute approximate surface area is 267 Å². The lowest BCUT2D eigenvalue weighted by Gasteiger charge is -2.22. The SMILES string of the molecule is CCCCCCCCCCCCCCCCOCC(CP(=O)(O)OCC1OC(n2cc(C)c(=O)[nH]c2=O)CC1N=[N+]=[N-])OCC. The van der Waals surface area contributed by atoms with Gasteiger partial charge in [0.15, 0.2) is 0 Å². The molecule has 1 aliphatic rings. The van der Waals surface area contributed by atoms with E-state index in [9.17, 15) is 19.0 Å². The number of nitrogens with zero attached hydrogens (tertiary/aromatic N) is 4. The van der Waals surface area contributed by atoms with Crippen molar-refractivity contribution in [2.75, 3.05) is 32.6 Å². The van der Waals surface area contributed by atoms with Gasteiger partial charge in [0.05, 0.1) is 37.6 Å². The van der Waals surface area contributed by atoms with Crippen LogP contribution in [0.25, 0.3) is 10.4 Å². The summed E-state index contributed by atoms with van der Waals surface area (Å²) in [5, 5.41) is 3.72. The van der Waals surface area contributed by atoms with Crippen molar-refractivity contribution in [1.29, 1.82) is 0 Å². The van der Waals surface area contributed by atoms with Gasteiger partial charge in [-0.3, -0.25) is 18.9 Å². The van der Waals surface area contributed by atoms with Gasteiger partial charge in [-0.05, 0) is 25.8 Å². The van der Waals surface area contributed by atoms with Crippen LogP contribution < -0.4 is 11.2 Å². The van der Waals surface area contributed by atoms with Crippen LogP contribution in [0.4, 0.5) is 0 Å². The summed E-state index contributed by atoms with van der Waals surface area (Å²) in [5.74, 6) is 0. The summed E-state index contributed by atoms with van der Waals surface area (Å²) in [4.78, 5) is 39.6. The molecule has 1 aromatic heterocycles. The average Bonchev–Trinajstić information content (AvgIpc) is 3.40. The number of H-pyrrole nitrogens is 1. The molecule has 2 heterocycles. The minimum Gasteiger partial charge on any atom is -0.379 e. The lowest BCUT2D eigenvalue weighted by Crippen LogP contribution is -2.33. The van der Waals surface area contributed by atoms with Gasteiger partial charge in [0.2, 0.25) is 0 Å². The highest BCUT2D eigenvalue weighted by Crippen LogP contribution is 2.44. The monoisotopic (exact) mass is 657 g/mol. The van der Waals surface area contributed by atoms with Gasteiger partial charge >= 0.3 is 13.3 Å². The van der Waals surface area contributed by atoms with Crippen LogP contribution in [0.5, 0.6) is 0 Å². The molecular weight excluding hydrogens is 601 g/mol. The van der Waals surface area contributed by atoms with E-state index < -0.39 is 43.3 Å². The fourth-order valence-corrected chi connectivity index (χ4v) is 6.74. The Morgan fingerprint density at radius 1 is 1.07 bits per heavy atom. The van der Waals surface area contributed by atoms with Crippen molar-refractivity contribution in [2.45, 2.75) is 142 Å². The minimum atomic E-state index is -4.12. The molecule has 1 fully saturated rings. The third-order valence-corrected chi connectivity index (χ3v) is 9.50. The van der Waals surface area contributed by atoms with E-state index in [1.807, 2.05) is 0 Å². The van der Waals surface area contributed by atoms with Gasteiger partial charge in [0.1, 0.15) is 6.23 Å². The second kappa shape index (κ2) is 22.5. The smallest absolute Gasteiger partial charge is 0.330 e. The van der Waals surface area contributed by atoms with Crippen molar-refractivity contribution in [3.8, 4) is 0 Å². The first-order chi connectivity index (χ1) is 21.7. The Kier molecular flexibility index (Phi) is 19.6. The van der Waals surface area contributed by atoms with Crippen LogP contribution in [0, 0.1) is 6.92 Å². The number of aryl methyl sites for hydroxylation is 1. The third kappa shape index (κ3) is 15.9. The molecule has 0 radical (unpaired) electrons. The second-order valence-corrected chi connectivity index (χ2v) is 13.9. The molecule has 1 aromatic rings. The van der Waals surface area contributed by atoms with Crippen LogP contribution in [0.2, 0.25) is 0 Å². The van der Waals surface area contributed by atoms with E-state index in [1.165, 1.54) is 87.8 Å². The number of aromatic amines is 1. The first-order valence-corrected chi connectivity index (χ1v) is 18.6. The van der Waals surface area contributed by atoms with Crippen LogP contribution in [0.3, 0.4) is 0 Å². The van der Waals surface area contributed by atoms with E-state index in [2.05, 4.69) is 21.9 Å². The molecule has 0 amide bonds. The number of hydrogen-bond donors (Lipinski definition) is 2. The molecule has 1 saturated heterocycles. The summed E-state index contributed by atoms with van der Waals surface area (Å²) in [6.07, 6.45) is 16.9. The normalized spacial score (nSPS) is 20.1. The van der Waals surface area contributed by atoms with E-state index in [4.69, 9.17) is 24.3 Å². The van der Waals surface area contributed by atoms with Crippen LogP contribution in [-0.2, 0) is 23.3 Å². The molecule has 2 rings (SSSR count). The average molecular weight is 658 g/mol.